The van der Waals surface area contributed by atoms with Gasteiger partial charge in [-0.3, -0.25) is 14.6 Å². The van der Waals surface area contributed by atoms with Crippen LogP contribution in [0.15, 0.2) is 54.7 Å². The largest absolute Gasteiger partial charge is 0.369 e. The second kappa shape index (κ2) is 7.38. The topological polar surface area (TPSA) is 76.3 Å². The molecule has 0 spiro atoms. The van der Waals surface area contributed by atoms with Crippen molar-refractivity contribution in [3.8, 4) is 11.1 Å². The summed E-state index contributed by atoms with van der Waals surface area (Å²) < 4.78 is 13.3. The molecule has 2 amide bonds. The van der Waals surface area contributed by atoms with Crippen molar-refractivity contribution in [1.82, 2.24) is 9.88 Å². The SMILES string of the molecule is NC(=O)C1CCCN(C(=O)c2cccc(-c3cnc4cc(F)ccc4c3)c2)C1. The maximum Gasteiger partial charge on any atom is 0.253 e. The van der Waals surface area contributed by atoms with Crippen LogP contribution in [-0.4, -0.2) is 34.8 Å². The van der Waals surface area contributed by atoms with Crippen molar-refractivity contribution >= 4 is 22.7 Å². The number of nitrogens with two attached hydrogens (primary N) is 1. The fourth-order valence-electron chi connectivity index (χ4n) is 3.66. The van der Waals surface area contributed by atoms with Gasteiger partial charge in [-0.1, -0.05) is 12.1 Å². The fourth-order valence-corrected chi connectivity index (χ4v) is 3.66. The normalized spacial score (nSPS) is 16.9. The molecular weight excluding hydrogens is 357 g/mol. The van der Waals surface area contributed by atoms with E-state index in [-0.39, 0.29) is 23.5 Å². The highest BCUT2D eigenvalue weighted by atomic mass is 19.1. The third-order valence-corrected chi connectivity index (χ3v) is 5.20. The van der Waals surface area contributed by atoms with Gasteiger partial charge in [-0.05, 0) is 48.7 Å². The van der Waals surface area contributed by atoms with Crippen LogP contribution in [0.3, 0.4) is 0 Å². The quantitative estimate of drug-likeness (QED) is 0.760. The van der Waals surface area contributed by atoms with Gasteiger partial charge in [0.1, 0.15) is 5.82 Å². The van der Waals surface area contributed by atoms with Crippen molar-refractivity contribution < 1.29 is 14.0 Å². The van der Waals surface area contributed by atoms with Crippen molar-refractivity contribution in [1.29, 1.82) is 0 Å². The molecule has 1 atom stereocenters. The molecule has 0 bridgehead atoms. The van der Waals surface area contributed by atoms with Gasteiger partial charge in [-0.15, -0.1) is 0 Å². The summed E-state index contributed by atoms with van der Waals surface area (Å²) in [4.78, 5) is 30.4. The van der Waals surface area contributed by atoms with Crippen molar-refractivity contribution in [2.45, 2.75) is 12.8 Å². The monoisotopic (exact) mass is 377 g/mol. The van der Waals surface area contributed by atoms with Gasteiger partial charge in [0.2, 0.25) is 5.91 Å². The zero-order chi connectivity index (χ0) is 19.7. The molecule has 4 rings (SSSR count). The van der Waals surface area contributed by atoms with E-state index in [1.165, 1.54) is 12.1 Å². The maximum atomic E-state index is 13.3. The summed E-state index contributed by atoms with van der Waals surface area (Å²) in [6, 6.07) is 13.7. The van der Waals surface area contributed by atoms with Gasteiger partial charge < -0.3 is 10.6 Å². The van der Waals surface area contributed by atoms with Crippen molar-refractivity contribution in [3.05, 3.63) is 66.1 Å². The summed E-state index contributed by atoms with van der Waals surface area (Å²) in [5, 5.41) is 0.830. The van der Waals surface area contributed by atoms with E-state index in [4.69, 9.17) is 5.73 Å². The van der Waals surface area contributed by atoms with Crippen molar-refractivity contribution in [2.24, 2.45) is 11.7 Å². The number of primary amides is 1. The van der Waals surface area contributed by atoms with Crippen LogP contribution in [0.25, 0.3) is 22.0 Å². The molecule has 0 aliphatic carbocycles. The number of carbonyl (C=O) groups excluding carboxylic acids is 2. The zero-order valence-electron chi connectivity index (χ0n) is 15.3. The van der Waals surface area contributed by atoms with E-state index in [0.29, 0.717) is 24.2 Å². The van der Waals surface area contributed by atoms with Crippen LogP contribution >= 0.6 is 0 Å². The molecule has 2 heterocycles. The van der Waals surface area contributed by atoms with Gasteiger partial charge in [-0.25, -0.2) is 4.39 Å². The number of likely N-dealkylation sites (tertiary alicyclic amines) is 1. The number of aromatic nitrogens is 1. The molecular formula is C22H20FN3O2. The number of piperidine rings is 1. The Morgan fingerprint density at radius 1 is 1.11 bits per heavy atom. The molecule has 1 fully saturated rings. The first-order chi connectivity index (χ1) is 13.5. The summed E-state index contributed by atoms with van der Waals surface area (Å²) in [6.07, 6.45) is 3.17. The first-order valence-electron chi connectivity index (χ1n) is 9.25. The zero-order valence-corrected chi connectivity index (χ0v) is 15.3. The van der Waals surface area contributed by atoms with Gasteiger partial charge in [0, 0.05) is 41.9 Å². The molecule has 6 heteroatoms. The molecule has 1 aromatic heterocycles. The average molecular weight is 377 g/mol. The average Bonchev–Trinajstić information content (AvgIpc) is 2.73. The molecule has 28 heavy (non-hydrogen) atoms. The minimum Gasteiger partial charge on any atom is -0.369 e. The van der Waals surface area contributed by atoms with Crippen LogP contribution in [0.2, 0.25) is 0 Å². The molecule has 1 aliphatic rings. The number of carbonyl (C=O) groups is 2. The summed E-state index contributed by atoms with van der Waals surface area (Å²) in [5.74, 6) is -1.07. The van der Waals surface area contributed by atoms with E-state index >= 15 is 0 Å². The smallest absolute Gasteiger partial charge is 0.253 e. The minimum absolute atomic E-state index is 0.108. The summed E-state index contributed by atoms with van der Waals surface area (Å²) in [7, 11) is 0. The van der Waals surface area contributed by atoms with Crippen LogP contribution in [-0.2, 0) is 4.79 Å². The Labute approximate surface area is 162 Å². The van der Waals surface area contributed by atoms with E-state index < -0.39 is 0 Å². The number of nitrogens with zero attached hydrogens (tertiary/aromatic N) is 2. The summed E-state index contributed by atoms with van der Waals surface area (Å²) in [5.41, 5.74) is 8.26. The number of hydrogen-bond acceptors (Lipinski definition) is 3. The Morgan fingerprint density at radius 2 is 1.96 bits per heavy atom. The third-order valence-electron chi connectivity index (χ3n) is 5.20. The number of pyridine rings is 1. The lowest BCUT2D eigenvalue weighted by Crippen LogP contribution is -2.44. The molecule has 1 saturated heterocycles. The summed E-state index contributed by atoms with van der Waals surface area (Å²) >= 11 is 0. The molecule has 1 aliphatic heterocycles. The molecule has 0 radical (unpaired) electrons. The van der Waals surface area contributed by atoms with E-state index in [2.05, 4.69) is 4.98 Å². The standard InChI is InChI=1S/C22H20FN3O2/c23-19-7-6-15-10-18(12-25-20(15)11-19)14-3-1-4-16(9-14)22(28)26-8-2-5-17(13-26)21(24)27/h1,3-4,6-7,9-12,17H,2,5,8,13H2,(H2,24,27). The number of hydrogen-bond donors (Lipinski definition) is 1. The van der Waals surface area contributed by atoms with Gasteiger partial charge in [-0.2, -0.15) is 0 Å². The highest BCUT2D eigenvalue weighted by Crippen LogP contribution is 2.25. The Kier molecular flexibility index (Phi) is 4.77. The highest BCUT2D eigenvalue weighted by Gasteiger charge is 2.27. The molecule has 5 nitrogen and oxygen atoms in total. The molecule has 0 saturated carbocycles. The Balaban J connectivity index is 1.61. The van der Waals surface area contributed by atoms with E-state index in [1.807, 2.05) is 24.3 Å². The van der Waals surface area contributed by atoms with Crippen LogP contribution in [0.5, 0.6) is 0 Å². The fraction of sp³-hybridized carbons (Fsp3) is 0.227. The lowest BCUT2D eigenvalue weighted by Gasteiger charge is -2.31. The van der Waals surface area contributed by atoms with Gasteiger partial charge in [0.15, 0.2) is 0 Å². The number of benzene rings is 2. The molecule has 142 valence electrons. The van der Waals surface area contributed by atoms with E-state index in [1.54, 1.807) is 23.2 Å². The molecule has 1 unspecified atom stereocenters. The third kappa shape index (κ3) is 3.58. The maximum absolute atomic E-state index is 13.3. The van der Waals surface area contributed by atoms with Crippen LogP contribution in [0.4, 0.5) is 4.39 Å². The Morgan fingerprint density at radius 3 is 2.79 bits per heavy atom. The van der Waals surface area contributed by atoms with Crippen molar-refractivity contribution in [2.75, 3.05) is 13.1 Å². The molecule has 3 aromatic rings. The Bertz CT molecular complexity index is 1070. The minimum atomic E-state index is -0.357. The van der Waals surface area contributed by atoms with Crippen LogP contribution in [0.1, 0.15) is 23.2 Å². The lowest BCUT2D eigenvalue weighted by atomic mass is 9.96. The lowest BCUT2D eigenvalue weighted by molar-refractivity contribution is -0.123. The molecule has 2 N–H and O–H groups in total. The Hall–Kier alpha value is -3.28. The predicted octanol–water partition coefficient (Wildman–Crippen LogP) is 3.38. The second-order valence-electron chi connectivity index (χ2n) is 7.13. The van der Waals surface area contributed by atoms with Gasteiger partial charge >= 0.3 is 0 Å². The number of halogens is 1. The summed E-state index contributed by atoms with van der Waals surface area (Å²) in [6.45, 7) is 0.984. The highest BCUT2D eigenvalue weighted by molar-refractivity contribution is 5.96. The van der Waals surface area contributed by atoms with Gasteiger partial charge in [0.25, 0.3) is 5.91 Å². The number of fused-ring (bicyclic) bond motifs is 1. The first kappa shape index (κ1) is 18.1. The number of amides is 2. The first-order valence-corrected chi connectivity index (χ1v) is 9.25. The number of rotatable bonds is 3. The van der Waals surface area contributed by atoms with Crippen LogP contribution < -0.4 is 5.73 Å². The van der Waals surface area contributed by atoms with E-state index in [0.717, 1.165) is 29.4 Å². The van der Waals surface area contributed by atoms with Crippen molar-refractivity contribution in [3.63, 3.8) is 0 Å². The van der Waals surface area contributed by atoms with Crippen LogP contribution in [0, 0.1) is 11.7 Å². The molecule has 2 aromatic carbocycles. The van der Waals surface area contributed by atoms with E-state index in [9.17, 15) is 14.0 Å². The predicted molar refractivity (Wildman–Crippen MR) is 105 cm³/mol. The second-order valence-corrected chi connectivity index (χ2v) is 7.13. The van der Waals surface area contributed by atoms with Gasteiger partial charge in [0.05, 0.1) is 11.4 Å².